The number of nitriles is 1. The highest BCUT2D eigenvalue weighted by Gasteiger charge is 2.05. The Morgan fingerprint density at radius 3 is 2.75 bits per heavy atom. The predicted octanol–water partition coefficient (Wildman–Crippen LogP) is 3.47. The van der Waals surface area contributed by atoms with Crippen molar-refractivity contribution in [3.05, 3.63) is 58.9 Å². The lowest BCUT2D eigenvalue weighted by Gasteiger charge is -2.19. The van der Waals surface area contributed by atoms with Crippen LogP contribution in [0.15, 0.2) is 48.3 Å². The van der Waals surface area contributed by atoms with E-state index < -0.39 is 0 Å². The lowest BCUT2D eigenvalue weighted by Crippen LogP contribution is -2.12. The summed E-state index contributed by atoms with van der Waals surface area (Å²) in [5.41, 5.74) is 1.96. The lowest BCUT2D eigenvalue weighted by atomic mass is 10.1. The van der Waals surface area contributed by atoms with Gasteiger partial charge >= 0.3 is 0 Å². The first kappa shape index (κ1) is 10.8. The molecule has 16 heavy (non-hydrogen) atoms. The Hall–Kier alpha value is -1.72. The third-order valence-corrected chi connectivity index (χ3v) is 2.63. The fourth-order valence-corrected chi connectivity index (χ4v) is 1.71. The third-order valence-electron chi connectivity index (χ3n) is 2.38. The van der Waals surface area contributed by atoms with Crippen molar-refractivity contribution < 1.29 is 0 Å². The molecule has 80 valence electrons. The van der Waals surface area contributed by atoms with Gasteiger partial charge in [0.05, 0.1) is 6.07 Å². The number of hydrogen-bond donors (Lipinski definition) is 0. The van der Waals surface area contributed by atoms with Crippen molar-refractivity contribution in [3.8, 4) is 6.07 Å². The largest absolute Gasteiger partial charge is 0.349 e. The zero-order chi connectivity index (χ0) is 11.4. The minimum atomic E-state index is 0.730. The van der Waals surface area contributed by atoms with Crippen LogP contribution in [0.3, 0.4) is 0 Å². The molecule has 0 bridgehead atoms. The highest BCUT2D eigenvalue weighted by atomic mass is 35.5. The molecule has 0 fully saturated rings. The van der Waals surface area contributed by atoms with Gasteiger partial charge in [0.15, 0.2) is 0 Å². The highest BCUT2D eigenvalue weighted by Crippen LogP contribution is 2.16. The van der Waals surface area contributed by atoms with Crippen LogP contribution in [-0.2, 0) is 6.54 Å². The fraction of sp³-hybridized carbons (Fsp3) is 0.154. The maximum absolute atomic E-state index is 8.81. The summed E-state index contributed by atoms with van der Waals surface area (Å²) in [5, 5.41) is 9.56. The van der Waals surface area contributed by atoms with Crippen molar-refractivity contribution in [2.75, 3.05) is 0 Å². The Morgan fingerprint density at radius 1 is 1.31 bits per heavy atom. The molecule has 0 N–H and O–H groups in total. The molecule has 0 atom stereocenters. The Balaban J connectivity index is 2.08. The summed E-state index contributed by atoms with van der Waals surface area (Å²) >= 11 is 5.82. The first-order chi connectivity index (χ1) is 7.78. The van der Waals surface area contributed by atoms with E-state index >= 15 is 0 Å². The molecule has 1 heterocycles. The van der Waals surface area contributed by atoms with Gasteiger partial charge in [0, 0.05) is 36.0 Å². The highest BCUT2D eigenvalue weighted by molar-refractivity contribution is 6.30. The minimum absolute atomic E-state index is 0.730. The molecule has 0 radical (unpaired) electrons. The van der Waals surface area contributed by atoms with Crippen LogP contribution in [0, 0.1) is 11.3 Å². The molecule has 1 aromatic carbocycles. The van der Waals surface area contributed by atoms with Gasteiger partial charge in [-0.05, 0) is 17.7 Å². The van der Waals surface area contributed by atoms with Crippen LogP contribution in [0.25, 0.3) is 0 Å². The number of hydrogen-bond acceptors (Lipinski definition) is 2. The van der Waals surface area contributed by atoms with Crippen LogP contribution in [0.5, 0.6) is 0 Å². The van der Waals surface area contributed by atoms with Gasteiger partial charge < -0.3 is 4.90 Å². The van der Waals surface area contributed by atoms with Crippen LogP contribution in [0.1, 0.15) is 12.0 Å². The summed E-state index contributed by atoms with van der Waals surface area (Å²) in [6.45, 7) is 0.763. The molecule has 0 saturated carbocycles. The molecule has 1 aliphatic rings. The standard InChI is InChI=1S/C13H11ClN2/c14-13-5-3-11(4-6-13)9-16-7-1-2-12(8-15)10-16/h1,3-7,10H,2,9H2. The van der Waals surface area contributed by atoms with E-state index in [1.165, 1.54) is 5.56 Å². The normalized spacial score (nSPS) is 14.5. The molecule has 3 heteroatoms. The van der Waals surface area contributed by atoms with Crippen molar-refractivity contribution in [2.45, 2.75) is 13.0 Å². The van der Waals surface area contributed by atoms with Gasteiger partial charge in [-0.3, -0.25) is 0 Å². The molecule has 1 aromatic rings. The molecular formula is C13H11ClN2. The van der Waals surface area contributed by atoms with Gasteiger partial charge in [0.25, 0.3) is 0 Å². The predicted molar refractivity (Wildman–Crippen MR) is 64.4 cm³/mol. The summed E-state index contributed by atoms with van der Waals surface area (Å²) in [6.07, 6.45) is 6.60. The van der Waals surface area contributed by atoms with Crippen molar-refractivity contribution in [3.63, 3.8) is 0 Å². The average molecular weight is 231 g/mol. The monoisotopic (exact) mass is 230 g/mol. The Bertz CT molecular complexity index is 466. The topological polar surface area (TPSA) is 27.0 Å². The van der Waals surface area contributed by atoms with Crippen LogP contribution in [0.4, 0.5) is 0 Å². The molecule has 2 rings (SSSR count). The molecule has 0 aromatic heterocycles. The molecule has 0 unspecified atom stereocenters. The molecule has 0 saturated heterocycles. The maximum atomic E-state index is 8.81. The van der Waals surface area contributed by atoms with Gasteiger partial charge in [0.1, 0.15) is 0 Å². The van der Waals surface area contributed by atoms with E-state index in [4.69, 9.17) is 16.9 Å². The van der Waals surface area contributed by atoms with Gasteiger partial charge in [0.2, 0.25) is 0 Å². The Kier molecular flexibility index (Phi) is 3.28. The van der Waals surface area contributed by atoms with E-state index in [0.717, 1.165) is 23.6 Å². The number of rotatable bonds is 2. The van der Waals surface area contributed by atoms with Gasteiger partial charge in [-0.2, -0.15) is 5.26 Å². The summed E-state index contributed by atoms with van der Waals surface area (Å²) in [4.78, 5) is 2.01. The second-order valence-corrected chi connectivity index (χ2v) is 4.09. The van der Waals surface area contributed by atoms with Crippen molar-refractivity contribution in [1.82, 2.24) is 4.90 Å². The van der Waals surface area contributed by atoms with Crippen LogP contribution in [0.2, 0.25) is 5.02 Å². The van der Waals surface area contributed by atoms with Crippen molar-refractivity contribution in [1.29, 1.82) is 5.26 Å². The minimum Gasteiger partial charge on any atom is -0.349 e. The van der Waals surface area contributed by atoms with Crippen LogP contribution in [-0.4, -0.2) is 4.90 Å². The summed E-state index contributed by atoms with van der Waals surface area (Å²) < 4.78 is 0. The smallest absolute Gasteiger partial charge is 0.0965 e. The molecule has 0 spiro atoms. The van der Waals surface area contributed by atoms with Gasteiger partial charge in [-0.1, -0.05) is 29.8 Å². The third kappa shape index (κ3) is 2.65. The molecule has 1 aliphatic heterocycles. The second-order valence-electron chi connectivity index (χ2n) is 3.65. The van der Waals surface area contributed by atoms with Crippen molar-refractivity contribution >= 4 is 11.6 Å². The number of nitrogens with zero attached hydrogens (tertiary/aromatic N) is 2. The summed E-state index contributed by atoms with van der Waals surface area (Å²) in [6, 6.07) is 9.91. The number of benzene rings is 1. The number of allylic oxidation sites excluding steroid dienone is 2. The van der Waals surface area contributed by atoms with E-state index in [2.05, 4.69) is 6.07 Å². The van der Waals surface area contributed by atoms with E-state index in [-0.39, 0.29) is 0 Å². The number of halogens is 1. The Morgan fingerprint density at radius 2 is 2.06 bits per heavy atom. The molecular weight excluding hydrogens is 220 g/mol. The quantitative estimate of drug-likeness (QED) is 0.778. The fourth-order valence-electron chi connectivity index (χ4n) is 1.58. The zero-order valence-electron chi connectivity index (χ0n) is 8.73. The Labute approximate surface area is 100 Å². The van der Waals surface area contributed by atoms with E-state index in [0.29, 0.717) is 0 Å². The second kappa shape index (κ2) is 4.87. The zero-order valence-corrected chi connectivity index (χ0v) is 9.48. The van der Waals surface area contributed by atoms with E-state index in [1.54, 1.807) is 0 Å². The summed E-state index contributed by atoms with van der Waals surface area (Å²) in [7, 11) is 0. The SMILES string of the molecule is N#CC1=CN(Cc2ccc(Cl)cc2)C=CC1. The van der Waals surface area contributed by atoms with Gasteiger partial charge in [-0.25, -0.2) is 0 Å². The summed E-state index contributed by atoms with van der Waals surface area (Å²) in [5.74, 6) is 0. The average Bonchev–Trinajstić information content (AvgIpc) is 2.32. The van der Waals surface area contributed by atoms with Gasteiger partial charge in [-0.15, -0.1) is 0 Å². The maximum Gasteiger partial charge on any atom is 0.0965 e. The molecule has 0 aliphatic carbocycles. The van der Waals surface area contributed by atoms with Crippen LogP contribution < -0.4 is 0 Å². The van der Waals surface area contributed by atoms with E-state index in [1.807, 2.05) is 47.6 Å². The molecule has 2 nitrogen and oxygen atoms in total. The first-order valence-electron chi connectivity index (χ1n) is 5.05. The lowest BCUT2D eigenvalue weighted by molar-refractivity contribution is 0.489. The molecule has 0 amide bonds. The first-order valence-corrected chi connectivity index (χ1v) is 5.43. The van der Waals surface area contributed by atoms with Crippen LogP contribution >= 0.6 is 11.6 Å². The van der Waals surface area contributed by atoms with E-state index in [9.17, 15) is 0 Å². The van der Waals surface area contributed by atoms with Crippen molar-refractivity contribution in [2.24, 2.45) is 0 Å².